The summed E-state index contributed by atoms with van der Waals surface area (Å²) in [5.41, 5.74) is 0. The van der Waals surface area contributed by atoms with E-state index in [2.05, 4.69) is 0 Å². The summed E-state index contributed by atoms with van der Waals surface area (Å²) in [5.74, 6) is -10.4. The highest BCUT2D eigenvalue weighted by atomic mass is 16.7. The molecule has 0 rings (SSSR count). The number of carbonyl (C=O) groups is 1. The number of rotatable bonds is 3. The van der Waals surface area contributed by atoms with Gasteiger partial charge < -0.3 is 35.7 Å². The largest absolute Gasteiger partial charge is 0.477 e. The Labute approximate surface area is 65.6 Å². The fraction of sp³-hybridized carbons (Fsp3) is 0.750. The van der Waals surface area contributed by atoms with Gasteiger partial charge in [0.1, 0.15) is 0 Å². The number of aliphatic hydroxyl groups excluding tert-OH is 1. The lowest BCUT2D eigenvalue weighted by molar-refractivity contribution is -0.400. The van der Waals surface area contributed by atoms with Crippen LogP contribution in [0.25, 0.3) is 0 Å². The molecular formula is C4H8O8. The van der Waals surface area contributed by atoms with Crippen molar-refractivity contribution in [1.29, 1.82) is 0 Å². The van der Waals surface area contributed by atoms with Gasteiger partial charge in [-0.25, -0.2) is 4.79 Å². The summed E-state index contributed by atoms with van der Waals surface area (Å²) in [6.45, 7) is 0. The predicted molar refractivity (Wildman–Crippen MR) is 30.2 cm³/mol. The van der Waals surface area contributed by atoms with E-state index in [9.17, 15) is 4.79 Å². The van der Waals surface area contributed by atoms with Crippen LogP contribution in [0.1, 0.15) is 0 Å². The summed E-state index contributed by atoms with van der Waals surface area (Å²) in [5, 5.41) is 58.0. The minimum atomic E-state index is -4.05. The zero-order valence-electron chi connectivity index (χ0n) is 5.62. The van der Waals surface area contributed by atoms with Crippen molar-refractivity contribution in [3.05, 3.63) is 0 Å². The third kappa shape index (κ3) is 1.53. The molecule has 7 N–H and O–H groups in total. The summed E-state index contributed by atoms with van der Waals surface area (Å²) in [7, 11) is 0. The zero-order chi connectivity index (χ0) is 10.2. The van der Waals surface area contributed by atoms with Gasteiger partial charge in [0.15, 0.2) is 0 Å². The molecule has 0 aliphatic carbocycles. The number of aliphatic carboxylic acids is 1. The topological polar surface area (TPSA) is 159 Å². The maximum Gasteiger partial charge on any atom is 0.370 e. The molecule has 72 valence electrons. The molecule has 8 nitrogen and oxygen atoms in total. The van der Waals surface area contributed by atoms with Crippen LogP contribution in [0, 0.1) is 0 Å². The van der Waals surface area contributed by atoms with E-state index >= 15 is 0 Å². The van der Waals surface area contributed by atoms with Crippen LogP contribution in [0.5, 0.6) is 0 Å². The average Bonchev–Trinajstić information content (AvgIpc) is 1.86. The van der Waals surface area contributed by atoms with Gasteiger partial charge in [0.25, 0.3) is 5.79 Å². The van der Waals surface area contributed by atoms with Crippen molar-refractivity contribution in [3.8, 4) is 0 Å². The first-order valence-electron chi connectivity index (χ1n) is 2.63. The Bertz CT molecular complexity index is 181. The van der Waals surface area contributed by atoms with Crippen molar-refractivity contribution in [2.45, 2.75) is 17.9 Å². The Kier molecular flexibility index (Phi) is 2.75. The monoisotopic (exact) mass is 184 g/mol. The highest BCUT2D eigenvalue weighted by molar-refractivity contribution is 5.76. The van der Waals surface area contributed by atoms with Crippen LogP contribution < -0.4 is 0 Å². The summed E-state index contributed by atoms with van der Waals surface area (Å²) in [4.78, 5) is 9.93. The zero-order valence-corrected chi connectivity index (χ0v) is 5.62. The molecule has 0 aliphatic rings. The van der Waals surface area contributed by atoms with E-state index in [1.54, 1.807) is 0 Å². The molecule has 8 heteroatoms. The van der Waals surface area contributed by atoms with Crippen molar-refractivity contribution in [1.82, 2.24) is 0 Å². The molecule has 0 fully saturated rings. The molecule has 0 aromatic carbocycles. The van der Waals surface area contributed by atoms with E-state index in [-0.39, 0.29) is 0 Å². The lowest BCUT2D eigenvalue weighted by Gasteiger charge is -2.31. The molecule has 0 aliphatic heterocycles. The Morgan fingerprint density at radius 2 is 1.42 bits per heavy atom. The molecule has 0 unspecified atom stereocenters. The Morgan fingerprint density at radius 1 is 1.08 bits per heavy atom. The Morgan fingerprint density at radius 3 is 1.50 bits per heavy atom. The van der Waals surface area contributed by atoms with E-state index in [1.165, 1.54) is 0 Å². The molecule has 0 amide bonds. The predicted octanol–water partition coefficient (Wildman–Crippen LogP) is -4.26. The summed E-state index contributed by atoms with van der Waals surface area (Å²) in [6, 6.07) is 0. The second kappa shape index (κ2) is 2.94. The van der Waals surface area contributed by atoms with Gasteiger partial charge in [0.05, 0.1) is 0 Å². The maximum atomic E-state index is 9.93. The maximum absolute atomic E-state index is 9.93. The van der Waals surface area contributed by atoms with Crippen LogP contribution in [0.15, 0.2) is 0 Å². The molecule has 0 spiro atoms. The molecule has 12 heavy (non-hydrogen) atoms. The fourth-order valence-electron chi connectivity index (χ4n) is 0.337. The lowest BCUT2D eigenvalue weighted by atomic mass is 10.1. The molecule has 0 aromatic heterocycles. The van der Waals surface area contributed by atoms with Gasteiger partial charge in [-0.1, -0.05) is 0 Å². The lowest BCUT2D eigenvalue weighted by Crippen LogP contribution is -2.65. The number of aliphatic hydroxyl groups is 6. The first-order chi connectivity index (χ1) is 5.14. The van der Waals surface area contributed by atoms with Crippen LogP contribution in [0.3, 0.4) is 0 Å². The Balaban J connectivity index is 4.88. The van der Waals surface area contributed by atoms with E-state index in [0.29, 0.717) is 0 Å². The van der Waals surface area contributed by atoms with Crippen molar-refractivity contribution in [2.75, 3.05) is 0 Å². The number of carboxylic acids is 1. The van der Waals surface area contributed by atoms with Gasteiger partial charge in [-0.15, -0.1) is 0 Å². The SMILES string of the molecule is O=C(O)C(O)(O)C(O)(O)C(O)O. The molecule has 0 aromatic rings. The minimum absolute atomic E-state index is 2.43. The highest BCUT2D eigenvalue weighted by Crippen LogP contribution is 2.19. The molecule has 0 atom stereocenters. The number of hydrogen-bond donors (Lipinski definition) is 7. The molecule has 0 saturated heterocycles. The van der Waals surface area contributed by atoms with Crippen LogP contribution in [0.4, 0.5) is 0 Å². The van der Waals surface area contributed by atoms with Crippen LogP contribution in [-0.4, -0.2) is 59.6 Å². The van der Waals surface area contributed by atoms with Crippen LogP contribution in [0.2, 0.25) is 0 Å². The summed E-state index contributed by atoms with van der Waals surface area (Å²) >= 11 is 0. The van der Waals surface area contributed by atoms with Gasteiger partial charge in [0.2, 0.25) is 6.29 Å². The van der Waals surface area contributed by atoms with Gasteiger partial charge in [-0.05, 0) is 0 Å². The summed E-state index contributed by atoms with van der Waals surface area (Å²) in [6.07, 6.45) is -3.02. The number of hydrogen-bond acceptors (Lipinski definition) is 7. The van der Waals surface area contributed by atoms with Crippen molar-refractivity contribution in [3.63, 3.8) is 0 Å². The smallest absolute Gasteiger partial charge is 0.370 e. The number of carboxylic acid groups (broad SMARTS) is 1. The molecule has 0 heterocycles. The average molecular weight is 184 g/mol. The van der Waals surface area contributed by atoms with Gasteiger partial charge in [-0.2, -0.15) is 0 Å². The van der Waals surface area contributed by atoms with Crippen molar-refractivity contribution < 1.29 is 40.5 Å². The second-order valence-electron chi connectivity index (χ2n) is 2.08. The van der Waals surface area contributed by atoms with Crippen molar-refractivity contribution in [2.24, 2.45) is 0 Å². The van der Waals surface area contributed by atoms with Crippen LogP contribution in [-0.2, 0) is 4.79 Å². The van der Waals surface area contributed by atoms with E-state index in [4.69, 9.17) is 35.7 Å². The molecule has 0 bridgehead atoms. The summed E-state index contributed by atoms with van der Waals surface area (Å²) < 4.78 is 0. The third-order valence-corrected chi connectivity index (χ3v) is 1.17. The highest BCUT2D eigenvalue weighted by Gasteiger charge is 2.58. The van der Waals surface area contributed by atoms with Gasteiger partial charge >= 0.3 is 11.8 Å². The standard InChI is InChI=1S/C4H8O8/c5-1(6)3(9,10)4(11,12)2(7)8/h1,5-6,9-12H,(H,7,8). The molecular weight excluding hydrogens is 176 g/mol. The minimum Gasteiger partial charge on any atom is -0.477 e. The molecule has 0 saturated carbocycles. The van der Waals surface area contributed by atoms with Gasteiger partial charge in [-0.3, -0.25) is 0 Å². The van der Waals surface area contributed by atoms with E-state index in [0.717, 1.165) is 0 Å². The van der Waals surface area contributed by atoms with E-state index < -0.39 is 23.8 Å². The molecule has 0 radical (unpaired) electrons. The quantitative estimate of drug-likeness (QED) is 0.217. The Hall–Kier alpha value is -0.770. The first-order valence-corrected chi connectivity index (χ1v) is 2.63. The van der Waals surface area contributed by atoms with Crippen LogP contribution >= 0.6 is 0 Å². The first kappa shape index (κ1) is 11.2. The fourth-order valence-corrected chi connectivity index (χ4v) is 0.337. The van der Waals surface area contributed by atoms with E-state index in [1.807, 2.05) is 0 Å². The normalized spacial score (nSPS) is 13.6. The second-order valence-corrected chi connectivity index (χ2v) is 2.08. The van der Waals surface area contributed by atoms with Crippen molar-refractivity contribution >= 4 is 5.97 Å². The third-order valence-electron chi connectivity index (χ3n) is 1.17. The van der Waals surface area contributed by atoms with Gasteiger partial charge in [0, 0.05) is 0 Å².